The molecule has 2 N–H and O–H groups in total. The highest BCUT2D eigenvalue weighted by Crippen LogP contribution is 2.15. The number of ether oxygens (including phenoxy) is 1. The normalized spacial score (nSPS) is 36.7. The van der Waals surface area contributed by atoms with Crippen LogP contribution in [0.4, 0.5) is 0 Å². The van der Waals surface area contributed by atoms with E-state index in [2.05, 4.69) is 10.2 Å². The van der Waals surface area contributed by atoms with E-state index >= 15 is 0 Å². The first-order valence-electron chi connectivity index (χ1n) is 5.07. The first kappa shape index (κ1) is 9.40. The number of aliphatic hydroxyl groups excluding tert-OH is 1. The van der Waals surface area contributed by atoms with Crippen LogP contribution in [0.3, 0.4) is 0 Å². The van der Waals surface area contributed by atoms with Crippen molar-refractivity contribution < 1.29 is 9.84 Å². The van der Waals surface area contributed by atoms with Gasteiger partial charge in [0.1, 0.15) is 0 Å². The Morgan fingerprint density at radius 1 is 1.54 bits per heavy atom. The van der Waals surface area contributed by atoms with Crippen molar-refractivity contribution in [3.63, 3.8) is 0 Å². The van der Waals surface area contributed by atoms with E-state index in [0.29, 0.717) is 12.6 Å². The second kappa shape index (κ2) is 4.37. The minimum atomic E-state index is 0.219. The Balaban J connectivity index is 1.93. The SMILES string of the molecule is OCC1COCCN1C1CCNC1. The molecule has 0 amide bonds. The van der Waals surface area contributed by atoms with Gasteiger partial charge < -0.3 is 15.2 Å². The predicted octanol–water partition coefficient (Wildman–Crippen LogP) is -0.959. The molecule has 0 aromatic carbocycles. The fourth-order valence-corrected chi connectivity index (χ4v) is 2.23. The molecular formula is C9H18N2O2. The first-order chi connectivity index (χ1) is 6.42. The summed E-state index contributed by atoms with van der Waals surface area (Å²) in [7, 11) is 0. The highest BCUT2D eigenvalue weighted by molar-refractivity contribution is 4.86. The third kappa shape index (κ3) is 2.02. The summed E-state index contributed by atoms with van der Waals surface area (Å²) in [6, 6.07) is 0.833. The molecule has 0 aromatic rings. The predicted molar refractivity (Wildman–Crippen MR) is 49.7 cm³/mol. The molecule has 2 aliphatic heterocycles. The van der Waals surface area contributed by atoms with Crippen molar-refractivity contribution in [3.8, 4) is 0 Å². The summed E-state index contributed by atoms with van der Waals surface area (Å²) in [5.74, 6) is 0. The molecule has 2 fully saturated rings. The van der Waals surface area contributed by atoms with E-state index in [0.717, 1.165) is 26.2 Å². The molecule has 2 atom stereocenters. The molecule has 76 valence electrons. The van der Waals surface area contributed by atoms with Gasteiger partial charge in [-0.05, 0) is 13.0 Å². The summed E-state index contributed by atoms with van der Waals surface area (Å²) in [5, 5.41) is 12.5. The summed E-state index contributed by atoms with van der Waals surface area (Å²) in [5.41, 5.74) is 0. The largest absolute Gasteiger partial charge is 0.395 e. The van der Waals surface area contributed by atoms with Crippen molar-refractivity contribution in [1.29, 1.82) is 0 Å². The highest BCUT2D eigenvalue weighted by Gasteiger charge is 2.30. The van der Waals surface area contributed by atoms with Crippen molar-refractivity contribution >= 4 is 0 Å². The fraction of sp³-hybridized carbons (Fsp3) is 1.00. The minimum absolute atomic E-state index is 0.219. The van der Waals surface area contributed by atoms with Crippen LogP contribution in [0.15, 0.2) is 0 Å². The number of rotatable bonds is 2. The van der Waals surface area contributed by atoms with Gasteiger partial charge >= 0.3 is 0 Å². The highest BCUT2D eigenvalue weighted by atomic mass is 16.5. The van der Waals surface area contributed by atoms with E-state index in [-0.39, 0.29) is 12.6 Å². The maximum Gasteiger partial charge on any atom is 0.0644 e. The topological polar surface area (TPSA) is 44.7 Å². The number of nitrogens with one attached hydrogen (secondary N) is 1. The molecule has 0 bridgehead atoms. The van der Waals surface area contributed by atoms with Crippen molar-refractivity contribution in [3.05, 3.63) is 0 Å². The van der Waals surface area contributed by atoms with Gasteiger partial charge in [0.15, 0.2) is 0 Å². The van der Waals surface area contributed by atoms with Gasteiger partial charge in [-0.25, -0.2) is 0 Å². The third-order valence-electron chi connectivity index (χ3n) is 2.99. The Morgan fingerprint density at radius 3 is 3.15 bits per heavy atom. The molecule has 2 heterocycles. The average Bonchev–Trinajstić information content (AvgIpc) is 2.70. The van der Waals surface area contributed by atoms with Gasteiger partial charge in [-0.15, -0.1) is 0 Å². The number of aliphatic hydroxyl groups is 1. The average molecular weight is 186 g/mol. The number of hydrogen-bond donors (Lipinski definition) is 2. The molecule has 2 aliphatic rings. The van der Waals surface area contributed by atoms with Crippen LogP contribution < -0.4 is 5.32 Å². The second-order valence-corrected chi connectivity index (χ2v) is 3.80. The number of nitrogens with zero attached hydrogens (tertiary/aromatic N) is 1. The molecule has 0 saturated carbocycles. The van der Waals surface area contributed by atoms with Crippen molar-refractivity contribution in [2.24, 2.45) is 0 Å². The van der Waals surface area contributed by atoms with Gasteiger partial charge in [-0.3, -0.25) is 4.90 Å². The van der Waals surface area contributed by atoms with Crippen LogP contribution in [0.25, 0.3) is 0 Å². The smallest absolute Gasteiger partial charge is 0.0644 e. The molecule has 2 rings (SSSR count). The molecule has 2 unspecified atom stereocenters. The standard InChI is InChI=1S/C9H18N2O2/c12-6-9-7-13-4-3-11(9)8-1-2-10-5-8/h8-10,12H,1-7H2. The fourth-order valence-electron chi connectivity index (χ4n) is 2.23. The van der Waals surface area contributed by atoms with Gasteiger partial charge in [-0.2, -0.15) is 0 Å². The molecular weight excluding hydrogens is 168 g/mol. The maximum atomic E-state index is 9.18. The van der Waals surface area contributed by atoms with E-state index in [9.17, 15) is 5.11 Å². The van der Waals surface area contributed by atoms with Gasteiger partial charge in [0.05, 0.1) is 25.9 Å². The number of hydrogen-bond acceptors (Lipinski definition) is 4. The minimum Gasteiger partial charge on any atom is -0.395 e. The van der Waals surface area contributed by atoms with E-state index in [1.54, 1.807) is 0 Å². The molecule has 0 spiro atoms. The van der Waals surface area contributed by atoms with E-state index < -0.39 is 0 Å². The molecule has 0 aliphatic carbocycles. The van der Waals surface area contributed by atoms with Crippen LogP contribution in [0.1, 0.15) is 6.42 Å². The van der Waals surface area contributed by atoms with Gasteiger partial charge in [-0.1, -0.05) is 0 Å². The molecule has 4 nitrogen and oxygen atoms in total. The Labute approximate surface area is 78.9 Å². The van der Waals surface area contributed by atoms with Crippen molar-refractivity contribution in [2.75, 3.05) is 39.5 Å². The Kier molecular flexibility index (Phi) is 3.16. The van der Waals surface area contributed by atoms with Crippen LogP contribution >= 0.6 is 0 Å². The van der Waals surface area contributed by atoms with Crippen LogP contribution in [0.2, 0.25) is 0 Å². The lowest BCUT2D eigenvalue weighted by molar-refractivity contribution is -0.0436. The zero-order valence-electron chi connectivity index (χ0n) is 7.91. The molecule has 2 saturated heterocycles. The van der Waals surface area contributed by atoms with Gasteiger partial charge in [0.2, 0.25) is 0 Å². The Bertz CT molecular complexity index is 158. The molecule has 0 radical (unpaired) electrons. The van der Waals surface area contributed by atoms with Gasteiger partial charge in [0.25, 0.3) is 0 Å². The van der Waals surface area contributed by atoms with Crippen LogP contribution in [-0.2, 0) is 4.74 Å². The quantitative estimate of drug-likeness (QED) is 0.583. The van der Waals surface area contributed by atoms with E-state index in [4.69, 9.17) is 4.74 Å². The second-order valence-electron chi connectivity index (χ2n) is 3.80. The number of morpholine rings is 1. The zero-order chi connectivity index (χ0) is 9.10. The van der Waals surface area contributed by atoms with Crippen LogP contribution in [-0.4, -0.2) is 61.5 Å². The summed E-state index contributed by atoms with van der Waals surface area (Å²) in [6.45, 7) is 4.87. The Hall–Kier alpha value is -0.160. The summed E-state index contributed by atoms with van der Waals surface area (Å²) in [6.07, 6.45) is 1.20. The monoisotopic (exact) mass is 186 g/mol. The first-order valence-corrected chi connectivity index (χ1v) is 5.07. The molecule has 13 heavy (non-hydrogen) atoms. The third-order valence-corrected chi connectivity index (χ3v) is 2.99. The summed E-state index contributed by atoms with van der Waals surface area (Å²) in [4.78, 5) is 2.39. The summed E-state index contributed by atoms with van der Waals surface area (Å²) >= 11 is 0. The van der Waals surface area contributed by atoms with E-state index in [1.807, 2.05) is 0 Å². The lowest BCUT2D eigenvalue weighted by atomic mass is 10.1. The van der Waals surface area contributed by atoms with Crippen LogP contribution in [0.5, 0.6) is 0 Å². The zero-order valence-corrected chi connectivity index (χ0v) is 7.91. The lowest BCUT2D eigenvalue weighted by Gasteiger charge is -2.38. The van der Waals surface area contributed by atoms with Crippen LogP contribution in [0, 0.1) is 0 Å². The maximum absolute atomic E-state index is 9.18. The lowest BCUT2D eigenvalue weighted by Crippen LogP contribution is -2.53. The van der Waals surface area contributed by atoms with Crippen molar-refractivity contribution in [2.45, 2.75) is 18.5 Å². The van der Waals surface area contributed by atoms with Gasteiger partial charge in [0, 0.05) is 19.1 Å². The summed E-state index contributed by atoms with van der Waals surface area (Å²) < 4.78 is 5.34. The van der Waals surface area contributed by atoms with E-state index in [1.165, 1.54) is 6.42 Å². The Morgan fingerprint density at radius 2 is 2.46 bits per heavy atom. The van der Waals surface area contributed by atoms with Crippen molar-refractivity contribution in [1.82, 2.24) is 10.2 Å². The molecule has 4 heteroatoms. The molecule has 0 aromatic heterocycles.